The highest BCUT2D eigenvalue weighted by molar-refractivity contribution is 6.02. The Morgan fingerprint density at radius 1 is 1.44 bits per heavy atom. The molecule has 0 fully saturated rings. The number of nitrogens with one attached hydrogen (secondary N) is 1. The minimum absolute atomic E-state index is 0.0747. The van der Waals surface area contributed by atoms with Gasteiger partial charge in [-0.15, -0.1) is 0 Å². The maximum atomic E-state index is 11.8. The summed E-state index contributed by atoms with van der Waals surface area (Å²) in [7, 11) is 0. The van der Waals surface area contributed by atoms with Gasteiger partial charge in [0.15, 0.2) is 0 Å². The summed E-state index contributed by atoms with van der Waals surface area (Å²) >= 11 is 0. The molecule has 0 saturated carbocycles. The zero-order valence-corrected chi connectivity index (χ0v) is 10.3. The van der Waals surface area contributed by atoms with E-state index >= 15 is 0 Å². The lowest BCUT2D eigenvalue weighted by molar-refractivity contribution is 0.0988. The first-order valence-electron chi connectivity index (χ1n) is 5.66. The van der Waals surface area contributed by atoms with Crippen LogP contribution < -0.4 is 11.1 Å². The second-order valence-corrected chi connectivity index (χ2v) is 4.20. The van der Waals surface area contributed by atoms with Crippen LogP contribution in [0, 0.1) is 6.92 Å². The Balaban J connectivity index is 2.14. The van der Waals surface area contributed by atoms with Crippen molar-refractivity contribution < 1.29 is 9.32 Å². The predicted molar refractivity (Wildman–Crippen MR) is 68.2 cm³/mol. The zero-order valence-electron chi connectivity index (χ0n) is 10.3. The molecule has 1 atom stereocenters. The number of nitrogens with two attached hydrogens (primary N) is 1. The van der Waals surface area contributed by atoms with E-state index in [2.05, 4.69) is 10.5 Å². The summed E-state index contributed by atoms with van der Waals surface area (Å²) in [5, 5.41) is 6.41. The van der Waals surface area contributed by atoms with E-state index in [-0.39, 0.29) is 17.7 Å². The average molecular weight is 245 g/mol. The number of rotatable bonds is 3. The molecule has 5 heteroatoms. The van der Waals surface area contributed by atoms with Gasteiger partial charge in [-0.25, -0.2) is 0 Å². The summed E-state index contributed by atoms with van der Waals surface area (Å²) in [5.41, 5.74) is 8.10. The first kappa shape index (κ1) is 12.3. The summed E-state index contributed by atoms with van der Waals surface area (Å²) in [5.74, 6) is -0.129. The van der Waals surface area contributed by atoms with Crippen molar-refractivity contribution in [3.8, 4) is 0 Å². The summed E-state index contributed by atoms with van der Waals surface area (Å²) < 4.78 is 4.89. The molecule has 2 rings (SSSR count). The van der Waals surface area contributed by atoms with Gasteiger partial charge in [-0.3, -0.25) is 4.79 Å². The third kappa shape index (κ3) is 2.75. The minimum Gasteiger partial charge on any atom is -0.351 e. The Morgan fingerprint density at radius 2 is 2.22 bits per heavy atom. The molecule has 0 spiro atoms. The van der Waals surface area contributed by atoms with Crippen LogP contribution in [0.25, 0.3) is 0 Å². The number of aryl methyl sites for hydroxylation is 1. The van der Waals surface area contributed by atoms with Gasteiger partial charge in [0.2, 0.25) is 5.76 Å². The topological polar surface area (TPSA) is 81.2 Å². The van der Waals surface area contributed by atoms with Crippen molar-refractivity contribution in [1.29, 1.82) is 0 Å². The van der Waals surface area contributed by atoms with Crippen LogP contribution in [0.1, 0.15) is 34.8 Å². The number of carbonyl (C=O) groups excluding carboxylic acids is 1. The molecule has 0 bridgehead atoms. The Kier molecular flexibility index (Phi) is 3.43. The van der Waals surface area contributed by atoms with E-state index in [0.717, 1.165) is 5.56 Å². The third-order valence-electron chi connectivity index (χ3n) is 2.52. The largest absolute Gasteiger partial charge is 0.351 e. The molecule has 18 heavy (non-hydrogen) atoms. The molecule has 0 aliphatic heterocycles. The van der Waals surface area contributed by atoms with Crippen molar-refractivity contribution in [3.63, 3.8) is 0 Å². The van der Waals surface area contributed by atoms with Crippen molar-refractivity contribution in [2.45, 2.75) is 19.9 Å². The van der Waals surface area contributed by atoms with E-state index in [1.54, 1.807) is 19.1 Å². The lowest BCUT2D eigenvalue weighted by atomic mass is 10.1. The fourth-order valence-electron chi connectivity index (χ4n) is 1.56. The number of carbonyl (C=O) groups is 1. The second kappa shape index (κ2) is 5.01. The van der Waals surface area contributed by atoms with Gasteiger partial charge in [0, 0.05) is 17.8 Å². The molecule has 1 aromatic heterocycles. The van der Waals surface area contributed by atoms with E-state index in [1.165, 1.54) is 0 Å². The lowest BCUT2D eigenvalue weighted by Crippen LogP contribution is -2.12. The summed E-state index contributed by atoms with van der Waals surface area (Å²) in [4.78, 5) is 11.8. The van der Waals surface area contributed by atoms with Crippen LogP contribution in [0.4, 0.5) is 5.69 Å². The monoisotopic (exact) mass is 245 g/mol. The van der Waals surface area contributed by atoms with Crippen LogP contribution in [0.5, 0.6) is 0 Å². The standard InChI is InChI=1S/C13H15N3O2/c1-8-6-12(18-16-8)13(17)15-11-5-3-4-10(7-11)9(2)14/h3-7,9H,14H2,1-2H3,(H,15,17). The fourth-order valence-corrected chi connectivity index (χ4v) is 1.56. The Morgan fingerprint density at radius 3 is 2.83 bits per heavy atom. The van der Waals surface area contributed by atoms with Crippen LogP contribution in [0.3, 0.4) is 0 Å². The predicted octanol–water partition coefficient (Wildman–Crippen LogP) is 2.26. The molecule has 94 valence electrons. The Hall–Kier alpha value is -2.14. The van der Waals surface area contributed by atoms with Gasteiger partial charge in [-0.05, 0) is 31.5 Å². The molecular formula is C13H15N3O2. The van der Waals surface area contributed by atoms with Crippen LogP contribution >= 0.6 is 0 Å². The highest BCUT2D eigenvalue weighted by Gasteiger charge is 2.12. The first-order chi connectivity index (χ1) is 8.56. The summed E-state index contributed by atoms with van der Waals surface area (Å²) in [6.45, 7) is 3.65. The van der Waals surface area contributed by atoms with Crippen molar-refractivity contribution in [3.05, 3.63) is 47.3 Å². The molecule has 1 amide bonds. The zero-order chi connectivity index (χ0) is 13.1. The van der Waals surface area contributed by atoms with Crippen molar-refractivity contribution in [1.82, 2.24) is 5.16 Å². The van der Waals surface area contributed by atoms with Crippen molar-refractivity contribution >= 4 is 11.6 Å². The van der Waals surface area contributed by atoms with Crippen LogP contribution in [0.2, 0.25) is 0 Å². The number of nitrogens with zero attached hydrogens (tertiary/aromatic N) is 1. The number of hydrogen-bond donors (Lipinski definition) is 2. The van der Waals surface area contributed by atoms with E-state index in [1.807, 2.05) is 25.1 Å². The van der Waals surface area contributed by atoms with Gasteiger partial charge in [-0.1, -0.05) is 17.3 Å². The molecule has 0 aliphatic carbocycles. The van der Waals surface area contributed by atoms with Gasteiger partial charge >= 0.3 is 0 Å². The van der Waals surface area contributed by atoms with Crippen molar-refractivity contribution in [2.24, 2.45) is 5.73 Å². The number of anilines is 1. The molecule has 0 saturated heterocycles. The van der Waals surface area contributed by atoms with Gasteiger partial charge in [0.1, 0.15) is 0 Å². The quantitative estimate of drug-likeness (QED) is 0.869. The van der Waals surface area contributed by atoms with Gasteiger partial charge in [-0.2, -0.15) is 0 Å². The summed E-state index contributed by atoms with van der Waals surface area (Å²) in [6.07, 6.45) is 0. The number of amides is 1. The van der Waals surface area contributed by atoms with E-state index in [9.17, 15) is 4.79 Å². The smallest absolute Gasteiger partial charge is 0.294 e. The Bertz CT molecular complexity index is 561. The molecule has 1 aromatic carbocycles. The fraction of sp³-hybridized carbons (Fsp3) is 0.231. The van der Waals surface area contributed by atoms with Crippen LogP contribution in [-0.4, -0.2) is 11.1 Å². The van der Waals surface area contributed by atoms with Crippen LogP contribution in [0.15, 0.2) is 34.9 Å². The van der Waals surface area contributed by atoms with E-state index < -0.39 is 0 Å². The maximum absolute atomic E-state index is 11.8. The molecule has 0 radical (unpaired) electrons. The summed E-state index contributed by atoms with van der Waals surface area (Å²) in [6, 6.07) is 8.91. The number of hydrogen-bond acceptors (Lipinski definition) is 4. The first-order valence-corrected chi connectivity index (χ1v) is 5.66. The highest BCUT2D eigenvalue weighted by atomic mass is 16.5. The van der Waals surface area contributed by atoms with E-state index in [0.29, 0.717) is 11.4 Å². The van der Waals surface area contributed by atoms with Gasteiger partial charge < -0.3 is 15.6 Å². The Labute approximate surface area is 105 Å². The second-order valence-electron chi connectivity index (χ2n) is 4.20. The third-order valence-corrected chi connectivity index (χ3v) is 2.52. The van der Waals surface area contributed by atoms with E-state index in [4.69, 9.17) is 10.3 Å². The van der Waals surface area contributed by atoms with Gasteiger partial charge in [0.05, 0.1) is 5.69 Å². The molecular weight excluding hydrogens is 230 g/mol. The lowest BCUT2D eigenvalue weighted by Gasteiger charge is -2.08. The average Bonchev–Trinajstić information content (AvgIpc) is 2.76. The molecule has 2 aromatic rings. The SMILES string of the molecule is Cc1cc(C(=O)Nc2cccc(C(C)N)c2)on1. The number of benzene rings is 1. The molecule has 0 aliphatic rings. The minimum atomic E-state index is -0.322. The molecule has 5 nitrogen and oxygen atoms in total. The highest BCUT2D eigenvalue weighted by Crippen LogP contribution is 2.16. The molecule has 1 heterocycles. The molecule has 1 unspecified atom stereocenters. The number of aromatic nitrogens is 1. The molecule has 3 N–H and O–H groups in total. The van der Waals surface area contributed by atoms with Crippen molar-refractivity contribution in [2.75, 3.05) is 5.32 Å². The normalized spacial score (nSPS) is 12.2. The maximum Gasteiger partial charge on any atom is 0.294 e. The van der Waals surface area contributed by atoms with Crippen LogP contribution in [-0.2, 0) is 0 Å². The van der Waals surface area contributed by atoms with Gasteiger partial charge in [0.25, 0.3) is 5.91 Å².